The Morgan fingerprint density at radius 1 is 1.00 bits per heavy atom. The molecule has 0 radical (unpaired) electrons. The van der Waals surface area contributed by atoms with Crippen molar-refractivity contribution in [2.75, 3.05) is 59.0 Å². The number of carbonyl (C=O) groups excluding carboxylic acids is 1. The van der Waals surface area contributed by atoms with Gasteiger partial charge in [-0.15, -0.1) is 0 Å². The van der Waals surface area contributed by atoms with Gasteiger partial charge < -0.3 is 14.7 Å². The Hall–Kier alpha value is -1.63. The summed E-state index contributed by atoms with van der Waals surface area (Å²) in [5, 5.41) is 10.3. The van der Waals surface area contributed by atoms with E-state index in [2.05, 4.69) is 9.80 Å². The summed E-state index contributed by atoms with van der Waals surface area (Å²) in [6, 6.07) is 7.87. The van der Waals surface area contributed by atoms with Crippen molar-refractivity contribution in [1.82, 2.24) is 14.7 Å². The minimum absolute atomic E-state index is 0.273. The average Bonchev–Trinajstić information content (AvgIpc) is 2.70. The molecular formula is C21H33N3O3. The topological polar surface area (TPSA) is 56.3 Å². The summed E-state index contributed by atoms with van der Waals surface area (Å²) >= 11 is 0. The summed E-state index contributed by atoms with van der Waals surface area (Å²) in [4.78, 5) is 18.9. The number of β-amino-alcohol motifs (C(OH)–C–C–N with tert-alkyl or cyclic N) is 1. The Balaban J connectivity index is 1.32. The van der Waals surface area contributed by atoms with Gasteiger partial charge in [0.25, 0.3) is 0 Å². The Morgan fingerprint density at radius 2 is 1.63 bits per heavy atom. The van der Waals surface area contributed by atoms with E-state index >= 15 is 0 Å². The Bertz CT molecular complexity index is 579. The molecule has 0 bridgehead atoms. The van der Waals surface area contributed by atoms with Gasteiger partial charge >= 0.3 is 0 Å². The smallest absolute Gasteiger partial charge is 0.236 e. The van der Waals surface area contributed by atoms with Gasteiger partial charge in [0, 0.05) is 45.8 Å². The molecule has 2 aliphatic rings. The van der Waals surface area contributed by atoms with Crippen LogP contribution in [0.2, 0.25) is 0 Å². The zero-order valence-corrected chi connectivity index (χ0v) is 16.5. The van der Waals surface area contributed by atoms with E-state index < -0.39 is 6.10 Å². The molecule has 27 heavy (non-hydrogen) atoms. The largest absolute Gasteiger partial charge is 0.491 e. The molecule has 1 amide bonds. The van der Waals surface area contributed by atoms with Crippen LogP contribution in [0.5, 0.6) is 5.75 Å². The second-order valence-corrected chi connectivity index (χ2v) is 7.80. The van der Waals surface area contributed by atoms with Crippen molar-refractivity contribution >= 4 is 5.91 Å². The zero-order valence-electron chi connectivity index (χ0n) is 16.5. The van der Waals surface area contributed by atoms with Gasteiger partial charge in [0.1, 0.15) is 18.5 Å². The molecule has 1 atom stereocenters. The average molecular weight is 376 g/mol. The van der Waals surface area contributed by atoms with Gasteiger partial charge in [0.2, 0.25) is 5.91 Å². The first-order valence-electron chi connectivity index (χ1n) is 10.2. The lowest BCUT2D eigenvalue weighted by atomic mass is 10.1. The molecule has 2 aliphatic heterocycles. The minimum Gasteiger partial charge on any atom is -0.491 e. The van der Waals surface area contributed by atoms with Crippen LogP contribution in [0.1, 0.15) is 24.8 Å². The molecule has 1 N–H and O–H groups in total. The standard InChI is InChI=1S/C21H33N3O3/c1-18-5-7-20(8-6-18)27-17-19(25)15-22-11-13-23(14-12-22)16-21(26)24-9-3-2-4-10-24/h5-8,19,25H,2-4,9-17H2,1H3. The van der Waals surface area contributed by atoms with Crippen LogP contribution in [0.25, 0.3) is 0 Å². The Kier molecular flexibility index (Phi) is 7.50. The highest BCUT2D eigenvalue weighted by atomic mass is 16.5. The van der Waals surface area contributed by atoms with Gasteiger partial charge in [-0.2, -0.15) is 0 Å². The van der Waals surface area contributed by atoms with Crippen LogP contribution in [-0.4, -0.2) is 90.8 Å². The lowest BCUT2D eigenvalue weighted by Gasteiger charge is -2.36. The molecule has 6 heteroatoms. The molecule has 2 heterocycles. The van der Waals surface area contributed by atoms with E-state index in [1.807, 2.05) is 36.1 Å². The fraction of sp³-hybridized carbons (Fsp3) is 0.667. The van der Waals surface area contributed by atoms with Gasteiger partial charge in [0.15, 0.2) is 0 Å². The maximum atomic E-state index is 12.4. The molecule has 1 aromatic carbocycles. The number of rotatable bonds is 7. The van der Waals surface area contributed by atoms with Crippen LogP contribution in [0, 0.1) is 6.92 Å². The number of piperazine rings is 1. The van der Waals surface area contributed by atoms with Gasteiger partial charge in [0.05, 0.1) is 6.54 Å². The third-order valence-corrected chi connectivity index (χ3v) is 5.46. The van der Waals surface area contributed by atoms with Gasteiger partial charge in [-0.1, -0.05) is 17.7 Å². The van der Waals surface area contributed by atoms with Crippen molar-refractivity contribution in [3.63, 3.8) is 0 Å². The highest BCUT2D eigenvalue weighted by Gasteiger charge is 2.23. The number of likely N-dealkylation sites (tertiary alicyclic amines) is 1. The van der Waals surface area contributed by atoms with E-state index in [1.165, 1.54) is 12.0 Å². The third-order valence-electron chi connectivity index (χ3n) is 5.46. The van der Waals surface area contributed by atoms with Crippen LogP contribution < -0.4 is 4.74 Å². The van der Waals surface area contributed by atoms with Gasteiger partial charge in [-0.3, -0.25) is 14.6 Å². The van der Waals surface area contributed by atoms with Crippen molar-refractivity contribution in [3.05, 3.63) is 29.8 Å². The SMILES string of the molecule is Cc1ccc(OCC(O)CN2CCN(CC(=O)N3CCCCC3)CC2)cc1. The lowest BCUT2D eigenvalue weighted by Crippen LogP contribution is -2.52. The normalized spacial score (nSPS) is 20.4. The summed E-state index contributed by atoms with van der Waals surface area (Å²) < 4.78 is 5.67. The second-order valence-electron chi connectivity index (χ2n) is 7.80. The zero-order chi connectivity index (χ0) is 19.1. The Labute approximate surface area is 162 Å². The molecule has 0 spiro atoms. The predicted octanol–water partition coefficient (Wildman–Crippen LogP) is 1.36. The van der Waals surface area contributed by atoms with E-state index in [4.69, 9.17) is 4.74 Å². The summed E-state index contributed by atoms with van der Waals surface area (Å²) in [6.07, 6.45) is 3.02. The first-order valence-corrected chi connectivity index (χ1v) is 10.2. The molecule has 0 aliphatic carbocycles. The number of aryl methyl sites for hydroxylation is 1. The number of piperidine rings is 1. The molecule has 0 aromatic heterocycles. The number of carbonyl (C=O) groups is 1. The first-order chi connectivity index (χ1) is 13.1. The highest BCUT2D eigenvalue weighted by Crippen LogP contribution is 2.13. The van der Waals surface area contributed by atoms with Crippen molar-refractivity contribution in [3.8, 4) is 5.75 Å². The van der Waals surface area contributed by atoms with E-state index in [1.54, 1.807) is 0 Å². The molecule has 1 unspecified atom stereocenters. The number of nitrogens with zero attached hydrogens (tertiary/aromatic N) is 3. The van der Waals surface area contributed by atoms with Gasteiger partial charge in [-0.25, -0.2) is 0 Å². The molecule has 2 fully saturated rings. The second kappa shape index (κ2) is 10.1. The molecule has 150 valence electrons. The van der Waals surface area contributed by atoms with E-state index in [0.717, 1.165) is 57.9 Å². The summed E-state index contributed by atoms with van der Waals surface area (Å²) in [5.74, 6) is 1.07. The fourth-order valence-corrected chi connectivity index (χ4v) is 3.74. The minimum atomic E-state index is -0.507. The van der Waals surface area contributed by atoms with Gasteiger partial charge in [-0.05, 0) is 38.3 Å². The van der Waals surface area contributed by atoms with Crippen LogP contribution in [-0.2, 0) is 4.79 Å². The number of hydrogen-bond donors (Lipinski definition) is 1. The van der Waals surface area contributed by atoms with Crippen LogP contribution in [0.3, 0.4) is 0 Å². The molecule has 0 saturated carbocycles. The number of aliphatic hydroxyl groups excluding tert-OH is 1. The third kappa shape index (κ3) is 6.48. The summed E-state index contributed by atoms with van der Waals surface area (Å²) in [5.41, 5.74) is 1.19. The highest BCUT2D eigenvalue weighted by molar-refractivity contribution is 5.78. The summed E-state index contributed by atoms with van der Waals surface area (Å²) in [6.45, 7) is 8.86. The monoisotopic (exact) mass is 375 g/mol. The summed E-state index contributed by atoms with van der Waals surface area (Å²) in [7, 11) is 0. The molecular weight excluding hydrogens is 342 g/mol. The number of benzene rings is 1. The van der Waals surface area contributed by atoms with E-state index in [0.29, 0.717) is 19.7 Å². The predicted molar refractivity (Wildman–Crippen MR) is 106 cm³/mol. The molecule has 6 nitrogen and oxygen atoms in total. The number of hydrogen-bond acceptors (Lipinski definition) is 5. The van der Waals surface area contributed by atoms with Crippen molar-refractivity contribution in [2.45, 2.75) is 32.3 Å². The van der Waals surface area contributed by atoms with Crippen molar-refractivity contribution in [1.29, 1.82) is 0 Å². The maximum absolute atomic E-state index is 12.4. The van der Waals surface area contributed by atoms with E-state index in [-0.39, 0.29) is 5.91 Å². The first kappa shape index (κ1) is 20.1. The van der Waals surface area contributed by atoms with Crippen LogP contribution in [0.15, 0.2) is 24.3 Å². The number of amides is 1. The number of aliphatic hydroxyl groups is 1. The fourth-order valence-electron chi connectivity index (χ4n) is 3.74. The lowest BCUT2D eigenvalue weighted by molar-refractivity contribution is -0.133. The van der Waals surface area contributed by atoms with E-state index in [9.17, 15) is 9.90 Å². The molecule has 3 rings (SSSR count). The van der Waals surface area contributed by atoms with Crippen molar-refractivity contribution in [2.24, 2.45) is 0 Å². The van der Waals surface area contributed by atoms with Crippen molar-refractivity contribution < 1.29 is 14.6 Å². The Morgan fingerprint density at radius 3 is 2.30 bits per heavy atom. The maximum Gasteiger partial charge on any atom is 0.236 e. The molecule has 2 saturated heterocycles. The van der Waals surface area contributed by atoms with Crippen LogP contribution >= 0.6 is 0 Å². The number of ether oxygens (including phenoxy) is 1. The quantitative estimate of drug-likeness (QED) is 0.780. The molecule has 1 aromatic rings. The van der Waals surface area contributed by atoms with Crippen LogP contribution in [0.4, 0.5) is 0 Å².